The van der Waals surface area contributed by atoms with Crippen molar-refractivity contribution in [3.05, 3.63) is 84.4 Å². The fourth-order valence-electron chi connectivity index (χ4n) is 3.13. The van der Waals surface area contributed by atoms with E-state index in [2.05, 4.69) is 22.1 Å². The van der Waals surface area contributed by atoms with E-state index >= 15 is 0 Å². The van der Waals surface area contributed by atoms with E-state index in [0.29, 0.717) is 10.6 Å². The number of thiazole rings is 1. The molecule has 2 amide bonds. The second-order valence-electron chi connectivity index (χ2n) is 6.88. The zero-order valence-corrected chi connectivity index (χ0v) is 20.3. The zero-order chi connectivity index (χ0) is 24.4. The van der Waals surface area contributed by atoms with Crippen molar-refractivity contribution in [2.75, 3.05) is 6.61 Å². The molecule has 0 bridgehead atoms. The van der Waals surface area contributed by atoms with Crippen molar-refractivity contribution in [3.8, 4) is 11.6 Å². The topological polar surface area (TPSA) is 105 Å². The van der Waals surface area contributed by atoms with E-state index in [1.54, 1.807) is 30.3 Å². The number of hydrogen-bond acceptors (Lipinski definition) is 6. The van der Waals surface area contributed by atoms with Gasteiger partial charge in [0.2, 0.25) is 10.7 Å². The lowest BCUT2D eigenvalue weighted by Crippen LogP contribution is -2.28. The van der Waals surface area contributed by atoms with Gasteiger partial charge in [0.15, 0.2) is 6.61 Å². The van der Waals surface area contributed by atoms with Gasteiger partial charge in [-0.05, 0) is 12.1 Å². The Morgan fingerprint density at radius 3 is 2.74 bits per heavy atom. The van der Waals surface area contributed by atoms with Gasteiger partial charge in [0.1, 0.15) is 10.6 Å². The summed E-state index contributed by atoms with van der Waals surface area (Å²) in [5.74, 6) is -1.06. The predicted molar refractivity (Wildman–Crippen MR) is 130 cm³/mol. The SMILES string of the molecule is C=CCn1c(O)c(C2=c3ccccc3=NC2=O)s/c1=N/NC(=O)COc1cc(Cl)c(Cl)cc1Cl. The molecule has 4 rings (SSSR count). The van der Waals surface area contributed by atoms with Crippen LogP contribution in [0.25, 0.3) is 5.57 Å². The van der Waals surface area contributed by atoms with Crippen LogP contribution < -0.4 is 25.5 Å². The first-order valence-electron chi connectivity index (χ1n) is 9.66. The van der Waals surface area contributed by atoms with Crippen LogP contribution in [0, 0.1) is 0 Å². The van der Waals surface area contributed by atoms with Crippen LogP contribution in [0.15, 0.2) is 59.1 Å². The second kappa shape index (κ2) is 10.0. The van der Waals surface area contributed by atoms with E-state index in [9.17, 15) is 14.7 Å². The van der Waals surface area contributed by atoms with Gasteiger partial charge in [-0.25, -0.2) is 10.4 Å². The van der Waals surface area contributed by atoms with E-state index in [0.717, 1.165) is 11.3 Å². The highest BCUT2D eigenvalue weighted by molar-refractivity contribution is 7.11. The summed E-state index contributed by atoms with van der Waals surface area (Å²) in [6.45, 7) is 3.45. The molecule has 0 radical (unpaired) electrons. The average molecular weight is 538 g/mol. The van der Waals surface area contributed by atoms with Gasteiger partial charge in [0, 0.05) is 17.8 Å². The molecule has 1 aliphatic rings. The molecule has 34 heavy (non-hydrogen) atoms. The molecule has 1 aliphatic heterocycles. The fraction of sp³-hybridized carbons (Fsp3) is 0.0909. The minimum absolute atomic E-state index is 0.183. The number of nitrogens with zero attached hydrogens (tertiary/aromatic N) is 3. The monoisotopic (exact) mass is 536 g/mol. The Morgan fingerprint density at radius 2 is 1.97 bits per heavy atom. The molecule has 0 aliphatic carbocycles. The smallest absolute Gasteiger partial charge is 0.279 e. The number of carbonyl (C=O) groups excluding carboxylic acids is 2. The number of aromatic nitrogens is 1. The van der Waals surface area contributed by atoms with Gasteiger partial charge in [0.05, 0.1) is 26.0 Å². The molecule has 0 spiro atoms. The van der Waals surface area contributed by atoms with Gasteiger partial charge < -0.3 is 9.84 Å². The van der Waals surface area contributed by atoms with Gasteiger partial charge in [0.25, 0.3) is 11.8 Å². The predicted octanol–water partition coefficient (Wildman–Crippen LogP) is 2.77. The van der Waals surface area contributed by atoms with E-state index in [1.165, 1.54) is 16.7 Å². The number of hydrogen-bond donors (Lipinski definition) is 2. The van der Waals surface area contributed by atoms with E-state index < -0.39 is 18.4 Å². The largest absolute Gasteiger partial charge is 0.493 e. The van der Waals surface area contributed by atoms with Crippen LogP contribution in [-0.4, -0.2) is 28.1 Å². The summed E-state index contributed by atoms with van der Waals surface area (Å²) >= 11 is 18.9. The molecule has 0 fully saturated rings. The molecule has 0 saturated carbocycles. The van der Waals surface area contributed by atoms with Crippen molar-refractivity contribution in [2.45, 2.75) is 6.54 Å². The number of halogens is 3. The maximum Gasteiger partial charge on any atom is 0.279 e. The van der Waals surface area contributed by atoms with Crippen LogP contribution in [0.3, 0.4) is 0 Å². The second-order valence-corrected chi connectivity index (χ2v) is 9.08. The van der Waals surface area contributed by atoms with Crippen molar-refractivity contribution in [3.63, 3.8) is 0 Å². The summed E-state index contributed by atoms with van der Waals surface area (Å²) in [7, 11) is 0. The number of para-hydroxylation sites is 1. The van der Waals surface area contributed by atoms with Crippen LogP contribution in [-0.2, 0) is 16.1 Å². The third kappa shape index (κ3) is 4.74. The summed E-state index contributed by atoms with van der Waals surface area (Å²) in [6, 6.07) is 9.82. The van der Waals surface area contributed by atoms with Crippen LogP contribution in [0.1, 0.15) is 4.88 Å². The van der Waals surface area contributed by atoms with Gasteiger partial charge >= 0.3 is 0 Å². The molecule has 3 aromatic rings. The van der Waals surface area contributed by atoms with Gasteiger partial charge in [-0.15, -0.1) is 11.7 Å². The number of allylic oxidation sites excluding steroid dienone is 1. The van der Waals surface area contributed by atoms with Crippen LogP contribution in [0.4, 0.5) is 0 Å². The number of aromatic hydroxyl groups is 1. The summed E-state index contributed by atoms with van der Waals surface area (Å²) in [4.78, 5) is 29.4. The molecule has 0 atom stereocenters. The van der Waals surface area contributed by atoms with Crippen molar-refractivity contribution in [1.82, 2.24) is 9.99 Å². The summed E-state index contributed by atoms with van der Waals surface area (Å²) in [6.07, 6.45) is 1.55. The van der Waals surface area contributed by atoms with Gasteiger partial charge in [-0.1, -0.05) is 70.4 Å². The molecule has 2 N–H and O–H groups in total. The highest BCUT2D eigenvalue weighted by atomic mass is 35.5. The standard InChI is InChI=1S/C22H15Cl3N4O4S/c1-2-7-29-21(32)19(18-11-5-3-4-6-15(11)26-20(18)31)34-22(29)28-27-17(30)10-33-16-9-13(24)12(23)8-14(16)25/h2-6,8-9,32H,1,7,10H2,(H,27,30)/b28-22+. The van der Waals surface area contributed by atoms with E-state index in [-0.39, 0.29) is 48.5 Å². The van der Waals surface area contributed by atoms with Gasteiger partial charge in [-0.2, -0.15) is 0 Å². The molecule has 1 aromatic heterocycles. The molecule has 174 valence electrons. The molecule has 12 heteroatoms. The average Bonchev–Trinajstić information content (AvgIpc) is 3.29. The normalized spacial score (nSPS) is 13.0. The van der Waals surface area contributed by atoms with Crippen LogP contribution in [0.2, 0.25) is 15.1 Å². The van der Waals surface area contributed by atoms with Crippen molar-refractivity contribution >= 4 is 63.5 Å². The number of fused-ring (bicyclic) bond motifs is 1. The quantitative estimate of drug-likeness (QED) is 0.275. The summed E-state index contributed by atoms with van der Waals surface area (Å²) < 4.78 is 6.79. The van der Waals surface area contributed by atoms with Crippen LogP contribution >= 0.6 is 46.1 Å². The maximum absolute atomic E-state index is 12.5. The third-order valence-corrected chi connectivity index (χ3v) is 6.74. The molecule has 2 heterocycles. The van der Waals surface area contributed by atoms with Crippen molar-refractivity contribution < 1.29 is 19.4 Å². The Bertz CT molecular complexity index is 1530. The number of carbonyl (C=O) groups is 2. The first-order valence-corrected chi connectivity index (χ1v) is 11.6. The maximum atomic E-state index is 12.5. The highest BCUT2D eigenvalue weighted by Crippen LogP contribution is 2.33. The number of rotatable bonds is 7. The highest BCUT2D eigenvalue weighted by Gasteiger charge is 2.25. The number of ether oxygens (including phenoxy) is 1. The zero-order valence-electron chi connectivity index (χ0n) is 17.2. The Kier molecular flexibility index (Phi) is 7.08. The fourth-order valence-corrected chi connectivity index (χ4v) is 4.77. The summed E-state index contributed by atoms with van der Waals surface area (Å²) in [5, 5.41) is 16.7. The molecule has 0 saturated heterocycles. The van der Waals surface area contributed by atoms with Crippen LogP contribution in [0.5, 0.6) is 11.6 Å². The molecular weight excluding hydrogens is 523 g/mol. The number of amides is 2. The van der Waals surface area contributed by atoms with E-state index in [4.69, 9.17) is 39.5 Å². The first-order chi connectivity index (χ1) is 16.3. The Hall–Kier alpha value is -3.11. The molecule has 8 nitrogen and oxygen atoms in total. The minimum Gasteiger partial charge on any atom is -0.493 e. The minimum atomic E-state index is -0.591. The van der Waals surface area contributed by atoms with Crippen molar-refractivity contribution in [1.29, 1.82) is 0 Å². The Labute approximate surface area is 211 Å². The lowest BCUT2D eigenvalue weighted by molar-refractivity contribution is -0.123. The molecule has 0 unspecified atom stereocenters. The first kappa shape index (κ1) is 24.0. The lowest BCUT2D eigenvalue weighted by atomic mass is 10.1. The molecular formula is C22H15Cl3N4O4S. The molecule has 2 aromatic carbocycles. The Balaban J connectivity index is 1.61. The number of nitrogens with one attached hydrogen (secondary N) is 1. The Morgan fingerprint density at radius 1 is 1.24 bits per heavy atom. The van der Waals surface area contributed by atoms with Crippen molar-refractivity contribution in [2.24, 2.45) is 10.1 Å². The number of benzene rings is 2. The van der Waals surface area contributed by atoms with E-state index in [1.807, 2.05) is 0 Å². The third-order valence-electron chi connectivity index (χ3n) is 4.64. The summed E-state index contributed by atoms with van der Waals surface area (Å²) in [5.41, 5.74) is 2.63. The lowest BCUT2D eigenvalue weighted by Gasteiger charge is -2.08. The van der Waals surface area contributed by atoms with Gasteiger partial charge in [-0.3, -0.25) is 14.2 Å².